The monoisotopic (exact) mass is 436 g/mol. The number of likely N-dealkylation sites (N-methyl/N-ethyl adjacent to an activating group) is 1. The zero-order chi connectivity index (χ0) is 14.7. The Morgan fingerprint density at radius 3 is 2.70 bits per heavy atom. The van der Waals surface area contributed by atoms with Crippen LogP contribution in [-0.4, -0.2) is 18.5 Å². The minimum atomic E-state index is 0.0960. The first-order valence-corrected chi connectivity index (χ1v) is 8.93. The second kappa shape index (κ2) is 7.38. The number of thiophene rings is 1. The fourth-order valence-electron chi connectivity index (χ4n) is 2.14. The summed E-state index contributed by atoms with van der Waals surface area (Å²) in [5.74, 6) is 0. The molecule has 1 aromatic carbocycles. The first-order valence-electron chi connectivity index (χ1n) is 6.09. The first kappa shape index (κ1) is 16.5. The fraction of sp³-hybridized carbons (Fsp3) is 0.286. The summed E-state index contributed by atoms with van der Waals surface area (Å²) in [4.78, 5) is 2.22. The Bertz CT molecular complexity index is 588. The van der Waals surface area contributed by atoms with E-state index in [4.69, 9.17) is 17.3 Å². The van der Waals surface area contributed by atoms with Gasteiger partial charge in [-0.15, -0.1) is 11.3 Å². The van der Waals surface area contributed by atoms with Gasteiger partial charge in [-0.3, -0.25) is 4.90 Å². The predicted octanol–water partition coefficient (Wildman–Crippen LogP) is 5.06. The highest BCUT2D eigenvalue weighted by atomic mass is 79.9. The molecule has 0 saturated heterocycles. The van der Waals surface area contributed by atoms with Crippen molar-refractivity contribution in [2.24, 2.45) is 5.73 Å². The van der Waals surface area contributed by atoms with Gasteiger partial charge in [-0.25, -0.2) is 0 Å². The summed E-state index contributed by atoms with van der Waals surface area (Å²) in [6.07, 6.45) is 0. The van der Waals surface area contributed by atoms with E-state index >= 15 is 0 Å². The van der Waals surface area contributed by atoms with Gasteiger partial charge in [-0.1, -0.05) is 27.5 Å². The minimum absolute atomic E-state index is 0.0960. The van der Waals surface area contributed by atoms with Gasteiger partial charge in [-0.2, -0.15) is 0 Å². The Morgan fingerprint density at radius 2 is 2.10 bits per heavy atom. The van der Waals surface area contributed by atoms with Crippen LogP contribution in [0.2, 0.25) is 5.02 Å². The second-order valence-corrected chi connectivity index (χ2v) is 8.20. The number of halogens is 3. The summed E-state index contributed by atoms with van der Waals surface area (Å²) < 4.78 is 2.16. The molecule has 0 aliphatic rings. The number of benzene rings is 1. The number of hydrogen-bond donors (Lipinski definition) is 1. The first-order chi connectivity index (χ1) is 9.51. The van der Waals surface area contributed by atoms with Gasteiger partial charge >= 0.3 is 0 Å². The van der Waals surface area contributed by atoms with Crippen LogP contribution in [0.3, 0.4) is 0 Å². The number of nitrogens with zero attached hydrogens (tertiary/aromatic N) is 1. The lowest BCUT2D eigenvalue weighted by Crippen LogP contribution is -2.30. The molecule has 1 aromatic heterocycles. The lowest BCUT2D eigenvalue weighted by atomic mass is 10.1. The fourth-order valence-corrected chi connectivity index (χ4v) is 3.96. The molecule has 1 unspecified atom stereocenters. The van der Waals surface area contributed by atoms with Gasteiger partial charge in [0.05, 0.1) is 3.79 Å². The van der Waals surface area contributed by atoms with Gasteiger partial charge in [0.2, 0.25) is 0 Å². The van der Waals surface area contributed by atoms with Crippen molar-refractivity contribution < 1.29 is 0 Å². The average molecular weight is 439 g/mol. The zero-order valence-electron chi connectivity index (χ0n) is 10.9. The second-order valence-electron chi connectivity index (χ2n) is 4.59. The minimum Gasteiger partial charge on any atom is -0.329 e. The SMILES string of the molecule is CN(Cc1csc(Br)c1)C(CN)c1cc(Br)ccc1Cl. The van der Waals surface area contributed by atoms with Crippen molar-refractivity contribution in [3.05, 3.63) is 54.1 Å². The quantitative estimate of drug-likeness (QED) is 0.707. The third-order valence-corrected chi connectivity index (χ3v) is 5.52. The molecular formula is C14H15Br2ClN2S. The molecule has 6 heteroatoms. The molecule has 0 bridgehead atoms. The van der Waals surface area contributed by atoms with Crippen molar-refractivity contribution in [1.82, 2.24) is 4.90 Å². The van der Waals surface area contributed by atoms with E-state index in [2.05, 4.69) is 55.3 Å². The van der Waals surface area contributed by atoms with Gasteiger partial charge in [-0.05, 0) is 63.8 Å². The highest BCUT2D eigenvalue weighted by Gasteiger charge is 2.19. The van der Waals surface area contributed by atoms with E-state index < -0.39 is 0 Å². The molecule has 0 spiro atoms. The lowest BCUT2D eigenvalue weighted by molar-refractivity contribution is 0.242. The normalized spacial score (nSPS) is 12.9. The van der Waals surface area contributed by atoms with Crippen molar-refractivity contribution in [2.75, 3.05) is 13.6 Å². The molecule has 2 aromatic rings. The van der Waals surface area contributed by atoms with Crippen LogP contribution in [0, 0.1) is 0 Å². The van der Waals surface area contributed by atoms with E-state index in [1.54, 1.807) is 11.3 Å². The van der Waals surface area contributed by atoms with Crippen LogP contribution in [0.15, 0.2) is 37.9 Å². The summed E-state index contributed by atoms with van der Waals surface area (Å²) in [6, 6.07) is 8.12. The molecule has 0 radical (unpaired) electrons. The van der Waals surface area contributed by atoms with E-state index in [0.717, 1.165) is 25.4 Å². The molecule has 2 nitrogen and oxygen atoms in total. The average Bonchev–Trinajstić information content (AvgIpc) is 2.80. The summed E-state index contributed by atoms with van der Waals surface area (Å²) in [7, 11) is 2.07. The summed E-state index contributed by atoms with van der Waals surface area (Å²) in [5, 5.41) is 2.90. The maximum absolute atomic E-state index is 6.31. The Morgan fingerprint density at radius 1 is 1.35 bits per heavy atom. The molecule has 2 rings (SSSR count). The van der Waals surface area contributed by atoms with Crippen molar-refractivity contribution in [3.8, 4) is 0 Å². The smallest absolute Gasteiger partial charge is 0.0701 e. The summed E-state index contributed by atoms with van der Waals surface area (Å²) in [6.45, 7) is 1.37. The molecule has 0 aliphatic heterocycles. The largest absolute Gasteiger partial charge is 0.329 e. The van der Waals surface area contributed by atoms with Gasteiger partial charge in [0.25, 0.3) is 0 Å². The number of nitrogens with two attached hydrogens (primary N) is 1. The lowest BCUT2D eigenvalue weighted by Gasteiger charge is -2.28. The highest BCUT2D eigenvalue weighted by molar-refractivity contribution is 9.11. The molecule has 0 amide bonds. The van der Waals surface area contributed by atoms with Crippen LogP contribution >= 0.6 is 54.8 Å². The molecule has 0 fully saturated rings. The topological polar surface area (TPSA) is 29.3 Å². The number of hydrogen-bond acceptors (Lipinski definition) is 3. The van der Waals surface area contributed by atoms with Gasteiger partial charge in [0.15, 0.2) is 0 Å². The third-order valence-electron chi connectivity index (χ3n) is 3.13. The van der Waals surface area contributed by atoms with E-state index in [0.29, 0.717) is 6.54 Å². The van der Waals surface area contributed by atoms with Crippen LogP contribution in [0.1, 0.15) is 17.2 Å². The van der Waals surface area contributed by atoms with E-state index in [9.17, 15) is 0 Å². The number of rotatable bonds is 5. The van der Waals surface area contributed by atoms with Crippen molar-refractivity contribution in [2.45, 2.75) is 12.6 Å². The Hall–Kier alpha value is 0.0900. The van der Waals surface area contributed by atoms with Gasteiger partial charge in [0.1, 0.15) is 0 Å². The third kappa shape index (κ3) is 4.06. The highest BCUT2D eigenvalue weighted by Crippen LogP contribution is 2.30. The summed E-state index contributed by atoms with van der Waals surface area (Å²) >= 11 is 15.0. The Kier molecular flexibility index (Phi) is 6.08. The van der Waals surface area contributed by atoms with Crippen LogP contribution < -0.4 is 5.73 Å². The molecule has 1 heterocycles. The van der Waals surface area contributed by atoms with E-state index in [1.165, 1.54) is 5.56 Å². The van der Waals surface area contributed by atoms with Crippen LogP contribution in [0.5, 0.6) is 0 Å². The maximum atomic E-state index is 6.31. The Balaban J connectivity index is 2.20. The molecule has 0 aliphatic carbocycles. The molecule has 0 saturated carbocycles. The Labute approximate surface area is 145 Å². The standard InChI is InChI=1S/C14H15Br2ClN2S/c1-19(7-9-4-14(16)20-8-9)13(6-18)11-5-10(15)2-3-12(11)17/h2-5,8,13H,6-7,18H2,1H3. The maximum Gasteiger partial charge on any atom is 0.0701 e. The zero-order valence-corrected chi connectivity index (χ0v) is 15.7. The molecule has 20 heavy (non-hydrogen) atoms. The van der Waals surface area contributed by atoms with Crippen LogP contribution in [-0.2, 0) is 6.54 Å². The van der Waals surface area contributed by atoms with Gasteiger partial charge in [0, 0.05) is 28.6 Å². The predicted molar refractivity (Wildman–Crippen MR) is 94.4 cm³/mol. The van der Waals surface area contributed by atoms with Gasteiger partial charge < -0.3 is 5.73 Å². The molecular weight excluding hydrogens is 423 g/mol. The van der Waals surface area contributed by atoms with Crippen molar-refractivity contribution >= 4 is 54.8 Å². The molecule has 2 N–H and O–H groups in total. The van der Waals surface area contributed by atoms with Crippen LogP contribution in [0.25, 0.3) is 0 Å². The van der Waals surface area contributed by atoms with Crippen LogP contribution in [0.4, 0.5) is 0 Å². The molecule has 108 valence electrons. The van der Waals surface area contributed by atoms with E-state index in [-0.39, 0.29) is 6.04 Å². The van der Waals surface area contributed by atoms with E-state index in [1.807, 2.05) is 18.2 Å². The van der Waals surface area contributed by atoms with Crippen molar-refractivity contribution in [1.29, 1.82) is 0 Å². The molecule has 1 atom stereocenters. The summed E-state index contributed by atoms with van der Waals surface area (Å²) in [5.41, 5.74) is 8.29. The van der Waals surface area contributed by atoms with Crippen molar-refractivity contribution in [3.63, 3.8) is 0 Å².